The standard InChI is InChI=1S/C21H21N3O/c1-15-14-18(16-8-4-2-5-9-16)12-13-19(15)23-24-21(25)20(22)17-10-6-3-7-11-17/h2-14,20,23H,22H2,1H3,(H,24,25). The Hall–Kier alpha value is -3.11. The van der Waals surface area contributed by atoms with E-state index in [1.165, 1.54) is 0 Å². The molecule has 0 aliphatic rings. The van der Waals surface area contributed by atoms with E-state index in [0.29, 0.717) is 0 Å². The van der Waals surface area contributed by atoms with E-state index >= 15 is 0 Å². The fourth-order valence-corrected chi connectivity index (χ4v) is 2.63. The van der Waals surface area contributed by atoms with Crippen molar-refractivity contribution in [3.8, 4) is 11.1 Å². The van der Waals surface area contributed by atoms with E-state index in [4.69, 9.17) is 5.73 Å². The zero-order valence-electron chi connectivity index (χ0n) is 14.1. The maximum absolute atomic E-state index is 12.2. The summed E-state index contributed by atoms with van der Waals surface area (Å²) in [7, 11) is 0. The summed E-state index contributed by atoms with van der Waals surface area (Å²) in [5.74, 6) is -0.280. The molecule has 3 aromatic carbocycles. The van der Waals surface area contributed by atoms with Crippen LogP contribution in [0, 0.1) is 6.92 Å². The number of anilines is 1. The molecular formula is C21H21N3O. The van der Waals surface area contributed by atoms with Crippen LogP contribution in [0.3, 0.4) is 0 Å². The van der Waals surface area contributed by atoms with Gasteiger partial charge in [-0.3, -0.25) is 15.6 Å². The minimum Gasteiger partial charge on any atom is -0.316 e. The lowest BCUT2D eigenvalue weighted by molar-refractivity contribution is -0.122. The van der Waals surface area contributed by atoms with Crippen LogP contribution in [0.4, 0.5) is 5.69 Å². The Labute approximate surface area is 147 Å². The van der Waals surface area contributed by atoms with Crippen LogP contribution in [0.25, 0.3) is 11.1 Å². The Morgan fingerprint density at radius 3 is 2.16 bits per heavy atom. The number of hydrogen-bond donors (Lipinski definition) is 3. The first-order valence-electron chi connectivity index (χ1n) is 8.17. The van der Waals surface area contributed by atoms with Crippen molar-refractivity contribution in [2.75, 3.05) is 5.43 Å². The van der Waals surface area contributed by atoms with Gasteiger partial charge in [-0.2, -0.15) is 0 Å². The highest BCUT2D eigenvalue weighted by atomic mass is 16.2. The molecule has 0 aliphatic heterocycles. The average molecular weight is 331 g/mol. The van der Waals surface area contributed by atoms with Gasteiger partial charge in [0.15, 0.2) is 0 Å². The summed E-state index contributed by atoms with van der Waals surface area (Å²) in [6.07, 6.45) is 0. The van der Waals surface area contributed by atoms with E-state index in [9.17, 15) is 4.79 Å². The molecule has 0 saturated carbocycles. The van der Waals surface area contributed by atoms with Gasteiger partial charge in [-0.15, -0.1) is 0 Å². The van der Waals surface area contributed by atoms with Gasteiger partial charge < -0.3 is 5.73 Å². The van der Waals surface area contributed by atoms with Crippen LogP contribution in [-0.4, -0.2) is 5.91 Å². The maximum atomic E-state index is 12.2. The van der Waals surface area contributed by atoms with Crippen LogP contribution >= 0.6 is 0 Å². The van der Waals surface area contributed by atoms with Gasteiger partial charge in [-0.05, 0) is 41.3 Å². The number of nitrogens with one attached hydrogen (secondary N) is 2. The van der Waals surface area contributed by atoms with E-state index < -0.39 is 6.04 Å². The molecule has 0 spiro atoms. The maximum Gasteiger partial charge on any atom is 0.259 e. The predicted molar refractivity (Wildman–Crippen MR) is 102 cm³/mol. The second-order valence-corrected chi connectivity index (χ2v) is 5.90. The van der Waals surface area contributed by atoms with Crippen LogP contribution in [-0.2, 0) is 4.79 Å². The Morgan fingerprint density at radius 1 is 0.880 bits per heavy atom. The molecule has 25 heavy (non-hydrogen) atoms. The van der Waals surface area contributed by atoms with Crippen LogP contribution in [0.5, 0.6) is 0 Å². The topological polar surface area (TPSA) is 67.1 Å². The van der Waals surface area contributed by atoms with Gasteiger partial charge in [0.1, 0.15) is 6.04 Å². The van der Waals surface area contributed by atoms with Gasteiger partial charge >= 0.3 is 0 Å². The fourth-order valence-electron chi connectivity index (χ4n) is 2.63. The second kappa shape index (κ2) is 7.64. The van der Waals surface area contributed by atoms with Crippen molar-refractivity contribution in [2.24, 2.45) is 5.73 Å². The molecule has 1 amide bonds. The summed E-state index contributed by atoms with van der Waals surface area (Å²) in [4.78, 5) is 12.2. The van der Waals surface area contributed by atoms with Crippen molar-refractivity contribution in [3.05, 3.63) is 90.0 Å². The smallest absolute Gasteiger partial charge is 0.259 e. The third-order valence-electron chi connectivity index (χ3n) is 4.10. The molecule has 0 fully saturated rings. The molecule has 0 aliphatic carbocycles. The van der Waals surface area contributed by atoms with E-state index in [0.717, 1.165) is 27.9 Å². The van der Waals surface area contributed by atoms with Crippen molar-refractivity contribution >= 4 is 11.6 Å². The predicted octanol–water partition coefficient (Wildman–Crippen LogP) is 3.81. The molecule has 1 atom stereocenters. The summed E-state index contributed by atoms with van der Waals surface area (Å²) in [6.45, 7) is 2.00. The fraction of sp³-hybridized carbons (Fsp3) is 0.0952. The second-order valence-electron chi connectivity index (χ2n) is 5.90. The molecule has 0 bridgehead atoms. The molecule has 3 rings (SSSR count). The van der Waals surface area contributed by atoms with Crippen LogP contribution in [0.15, 0.2) is 78.9 Å². The van der Waals surface area contributed by atoms with Gasteiger partial charge in [0.2, 0.25) is 0 Å². The summed E-state index contributed by atoms with van der Waals surface area (Å²) >= 11 is 0. The third kappa shape index (κ3) is 4.05. The summed E-state index contributed by atoms with van der Waals surface area (Å²) < 4.78 is 0. The van der Waals surface area contributed by atoms with Gasteiger partial charge in [-0.1, -0.05) is 66.7 Å². The summed E-state index contributed by atoms with van der Waals surface area (Å²) in [5, 5.41) is 0. The lowest BCUT2D eigenvalue weighted by Gasteiger charge is -2.16. The Kier molecular flexibility index (Phi) is 5.11. The van der Waals surface area contributed by atoms with Gasteiger partial charge in [0.05, 0.1) is 5.69 Å². The number of aryl methyl sites for hydroxylation is 1. The molecule has 0 heterocycles. The third-order valence-corrected chi connectivity index (χ3v) is 4.10. The molecule has 4 heteroatoms. The molecule has 126 valence electrons. The number of rotatable bonds is 5. The number of nitrogens with two attached hydrogens (primary N) is 1. The van der Waals surface area contributed by atoms with E-state index in [2.05, 4.69) is 29.1 Å². The first kappa shape index (κ1) is 16.7. The molecule has 3 aromatic rings. The molecule has 0 saturated heterocycles. The van der Waals surface area contributed by atoms with Crippen molar-refractivity contribution < 1.29 is 4.79 Å². The highest BCUT2D eigenvalue weighted by Crippen LogP contribution is 2.24. The SMILES string of the molecule is Cc1cc(-c2ccccc2)ccc1NNC(=O)C(N)c1ccccc1. The quantitative estimate of drug-likeness (QED) is 0.623. The zero-order chi connectivity index (χ0) is 17.6. The summed E-state index contributed by atoms with van der Waals surface area (Å²) in [5.41, 5.74) is 16.6. The minimum atomic E-state index is -0.711. The molecule has 4 N–H and O–H groups in total. The summed E-state index contributed by atoms with van der Waals surface area (Å²) in [6, 6.07) is 24.8. The van der Waals surface area contributed by atoms with Gasteiger partial charge in [-0.25, -0.2) is 0 Å². The molecule has 4 nitrogen and oxygen atoms in total. The molecule has 0 radical (unpaired) electrons. The monoisotopic (exact) mass is 331 g/mol. The van der Waals surface area contributed by atoms with Crippen LogP contribution < -0.4 is 16.6 Å². The largest absolute Gasteiger partial charge is 0.316 e. The Balaban J connectivity index is 1.66. The lowest BCUT2D eigenvalue weighted by Crippen LogP contribution is -2.37. The molecule has 0 aromatic heterocycles. The molecular weight excluding hydrogens is 310 g/mol. The average Bonchev–Trinajstić information content (AvgIpc) is 2.67. The number of benzene rings is 3. The van der Waals surface area contributed by atoms with E-state index in [1.807, 2.05) is 67.6 Å². The Morgan fingerprint density at radius 2 is 1.52 bits per heavy atom. The number of hydrazine groups is 1. The minimum absolute atomic E-state index is 0.280. The first-order valence-corrected chi connectivity index (χ1v) is 8.17. The number of amides is 1. The van der Waals surface area contributed by atoms with Crippen molar-refractivity contribution in [2.45, 2.75) is 13.0 Å². The molecule has 1 unspecified atom stereocenters. The zero-order valence-corrected chi connectivity index (χ0v) is 14.1. The van der Waals surface area contributed by atoms with Crippen LogP contribution in [0.1, 0.15) is 17.2 Å². The van der Waals surface area contributed by atoms with Gasteiger partial charge in [0, 0.05) is 0 Å². The van der Waals surface area contributed by atoms with Crippen LogP contribution in [0.2, 0.25) is 0 Å². The Bertz CT molecular complexity index is 848. The highest BCUT2D eigenvalue weighted by Gasteiger charge is 2.15. The van der Waals surface area contributed by atoms with E-state index in [-0.39, 0.29) is 5.91 Å². The van der Waals surface area contributed by atoms with Crippen molar-refractivity contribution in [3.63, 3.8) is 0 Å². The normalized spacial score (nSPS) is 11.6. The number of carbonyl (C=O) groups is 1. The lowest BCUT2D eigenvalue weighted by atomic mass is 10.0. The number of carbonyl (C=O) groups excluding carboxylic acids is 1. The van der Waals surface area contributed by atoms with Crippen molar-refractivity contribution in [1.82, 2.24) is 5.43 Å². The van der Waals surface area contributed by atoms with Crippen molar-refractivity contribution in [1.29, 1.82) is 0 Å². The highest BCUT2D eigenvalue weighted by molar-refractivity contribution is 5.84. The first-order chi connectivity index (χ1) is 12.1. The van der Waals surface area contributed by atoms with Gasteiger partial charge in [0.25, 0.3) is 5.91 Å². The van der Waals surface area contributed by atoms with E-state index in [1.54, 1.807) is 0 Å². The number of hydrogen-bond acceptors (Lipinski definition) is 3.